The predicted molar refractivity (Wildman–Crippen MR) is 90.8 cm³/mol. The number of nitrogens with zero attached hydrogens (tertiary/aromatic N) is 1. The molecule has 2 aromatic carbocycles. The number of thiazole rings is 1. The Morgan fingerprint density at radius 3 is 2.61 bits per heavy atom. The van der Waals surface area contributed by atoms with Crippen molar-refractivity contribution in [1.82, 2.24) is 4.98 Å². The maximum absolute atomic E-state index is 13.9. The van der Waals surface area contributed by atoms with Crippen molar-refractivity contribution in [2.75, 3.05) is 0 Å². The zero-order valence-corrected chi connectivity index (χ0v) is 13.0. The number of hydrogen-bond acceptors (Lipinski definition) is 3. The van der Waals surface area contributed by atoms with Crippen molar-refractivity contribution in [1.29, 1.82) is 0 Å². The fourth-order valence-electron chi connectivity index (χ4n) is 2.27. The molecule has 0 aliphatic heterocycles. The van der Waals surface area contributed by atoms with Crippen molar-refractivity contribution < 1.29 is 14.3 Å². The highest BCUT2D eigenvalue weighted by molar-refractivity contribution is 7.19. The second kappa shape index (κ2) is 6.71. The first kappa shape index (κ1) is 15.4. The van der Waals surface area contributed by atoms with Crippen LogP contribution in [0.5, 0.6) is 0 Å². The minimum absolute atomic E-state index is 0.0176. The van der Waals surface area contributed by atoms with Gasteiger partial charge in [0.25, 0.3) is 0 Å². The van der Waals surface area contributed by atoms with Crippen molar-refractivity contribution in [2.45, 2.75) is 12.8 Å². The van der Waals surface area contributed by atoms with Gasteiger partial charge in [0.2, 0.25) is 0 Å². The van der Waals surface area contributed by atoms with E-state index in [9.17, 15) is 9.18 Å². The summed E-state index contributed by atoms with van der Waals surface area (Å²) in [5, 5.41) is 9.68. The normalized spacial score (nSPS) is 11.8. The van der Waals surface area contributed by atoms with E-state index >= 15 is 0 Å². The molecule has 0 unspecified atom stereocenters. The van der Waals surface area contributed by atoms with E-state index in [0.717, 1.165) is 20.8 Å². The topological polar surface area (TPSA) is 50.2 Å². The van der Waals surface area contributed by atoms with Crippen molar-refractivity contribution >= 4 is 39.2 Å². The summed E-state index contributed by atoms with van der Waals surface area (Å²) in [4.78, 5) is 15.5. The van der Waals surface area contributed by atoms with Crippen molar-refractivity contribution in [3.05, 3.63) is 64.9 Å². The van der Waals surface area contributed by atoms with Gasteiger partial charge in [-0.05, 0) is 36.3 Å². The van der Waals surface area contributed by atoms with Crippen LogP contribution < -0.4 is 0 Å². The van der Waals surface area contributed by atoms with Crippen LogP contribution in [0.3, 0.4) is 0 Å². The van der Waals surface area contributed by atoms with Gasteiger partial charge in [0.05, 0.1) is 10.2 Å². The van der Waals surface area contributed by atoms with Crippen LogP contribution in [0.25, 0.3) is 21.9 Å². The minimum Gasteiger partial charge on any atom is -0.481 e. The summed E-state index contributed by atoms with van der Waals surface area (Å²) in [7, 11) is 0. The minimum atomic E-state index is -0.884. The van der Waals surface area contributed by atoms with Crippen molar-refractivity contribution in [3.63, 3.8) is 0 Å². The van der Waals surface area contributed by atoms with E-state index in [1.54, 1.807) is 24.3 Å². The lowest BCUT2D eigenvalue weighted by Gasteiger charge is -2.04. The lowest BCUT2D eigenvalue weighted by Crippen LogP contribution is -1.96. The second-order valence-corrected chi connectivity index (χ2v) is 6.10. The first-order chi connectivity index (χ1) is 11.1. The monoisotopic (exact) mass is 327 g/mol. The lowest BCUT2D eigenvalue weighted by atomic mass is 10.1. The highest BCUT2D eigenvalue weighted by Gasteiger charge is 2.12. The molecule has 0 saturated heterocycles. The van der Waals surface area contributed by atoms with Crippen LogP contribution in [-0.2, 0) is 4.79 Å². The summed E-state index contributed by atoms with van der Waals surface area (Å²) in [6.07, 6.45) is 1.98. The molecule has 1 heterocycles. The van der Waals surface area contributed by atoms with Gasteiger partial charge in [-0.2, -0.15) is 0 Å². The van der Waals surface area contributed by atoms with Crippen molar-refractivity contribution in [3.8, 4) is 0 Å². The van der Waals surface area contributed by atoms with Gasteiger partial charge < -0.3 is 5.11 Å². The maximum Gasteiger partial charge on any atom is 0.303 e. The first-order valence-corrected chi connectivity index (χ1v) is 7.98. The second-order valence-electron chi connectivity index (χ2n) is 5.07. The number of benzene rings is 2. The fraction of sp³-hybridized carbons (Fsp3) is 0.111. The summed E-state index contributed by atoms with van der Waals surface area (Å²) in [6.45, 7) is 0. The number of aromatic nitrogens is 1. The van der Waals surface area contributed by atoms with E-state index in [0.29, 0.717) is 12.0 Å². The van der Waals surface area contributed by atoms with E-state index < -0.39 is 5.97 Å². The van der Waals surface area contributed by atoms with Crippen LogP contribution in [0.15, 0.2) is 48.5 Å². The van der Waals surface area contributed by atoms with Gasteiger partial charge in [-0.15, -0.1) is 11.3 Å². The van der Waals surface area contributed by atoms with Gasteiger partial charge in [0.1, 0.15) is 10.8 Å². The number of rotatable bonds is 5. The van der Waals surface area contributed by atoms with Gasteiger partial charge in [0, 0.05) is 12.0 Å². The maximum atomic E-state index is 13.9. The molecule has 0 radical (unpaired) electrons. The zero-order chi connectivity index (χ0) is 16.2. The number of halogens is 1. The number of carbonyl (C=O) groups is 1. The van der Waals surface area contributed by atoms with Crippen LogP contribution in [-0.4, -0.2) is 16.1 Å². The van der Waals surface area contributed by atoms with E-state index in [4.69, 9.17) is 5.11 Å². The Bertz CT molecular complexity index is 852. The smallest absolute Gasteiger partial charge is 0.303 e. The van der Waals surface area contributed by atoms with Gasteiger partial charge in [-0.25, -0.2) is 9.37 Å². The number of para-hydroxylation sites is 1. The molecule has 23 heavy (non-hydrogen) atoms. The summed E-state index contributed by atoms with van der Waals surface area (Å²) in [5.41, 5.74) is 2.04. The number of carboxylic acids is 1. The van der Waals surface area contributed by atoms with Crippen LogP contribution in [0.1, 0.15) is 23.4 Å². The van der Waals surface area contributed by atoms with Crippen molar-refractivity contribution in [2.24, 2.45) is 0 Å². The number of hydrogen-bond donors (Lipinski definition) is 1. The summed E-state index contributed by atoms with van der Waals surface area (Å²) >= 11 is 1.49. The molecule has 0 aliphatic rings. The van der Waals surface area contributed by atoms with Gasteiger partial charge in [0.15, 0.2) is 0 Å². The third-order valence-electron chi connectivity index (χ3n) is 3.41. The predicted octanol–water partition coefficient (Wildman–Crippen LogP) is 4.84. The third-order valence-corrected chi connectivity index (χ3v) is 4.52. The van der Waals surface area contributed by atoms with E-state index in [1.165, 1.54) is 17.4 Å². The molecule has 0 spiro atoms. The van der Waals surface area contributed by atoms with Crippen LogP contribution in [0, 0.1) is 5.82 Å². The molecule has 3 aromatic rings. The Morgan fingerprint density at radius 2 is 1.87 bits per heavy atom. The average Bonchev–Trinajstić information content (AvgIpc) is 2.96. The molecular weight excluding hydrogens is 313 g/mol. The average molecular weight is 327 g/mol. The highest BCUT2D eigenvalue weighted by Crippen LogP contribution is 2.31. The molecule has 0 amide bonds. The molecule has 1 N–H and O–H groups in total. The number of fused-ring (bicyclic) bond motifs is 1. The molecular formula is C18H14FNO2S. The SMILES string of the molecule is O=C(O)CCC(=Cc1ccccc1F)c1nc2ccccc2s1. The molecule has 0 saturated carbocycles. The summed E-state index contributed by atoms with van der Waals surface area (Å²) in [6, 6.07) is 14.2. The third kappa shape index (κ3) is 3.63. The molecule has 0 aliphatic carbocycles. The molecule has 116 valence electrons. The summed E-state index contributed by atoms with van der Waals surface area (Å²) < 4.78 is 14.9. The number of aliphatic carboxylic acids is 1. The van der Waals surface area contributed by atoms with Gasteiger partial charge in [-0.3, -0.25) is 4.79 Å². The fourth-order valence-corrected chi connectivity index (χ4v) is 3.28. The van der Waals surface area contributed by atoms with E-state index in [2.05, 4.69) is 4.98 Å². The molecule has 3 nitrogen and oxygen atoms in total. The Hall–Kier alpha value is -2.53. The molecule has 0 atom stereocenters. The Balaban J connectivity index is 2.04. The molecule has 0 fully saturated rings. The van der Waals surface area contributed by atoms with Crippen LogP contribution in [0.2, 0.25) is 0 Å². The highest BCUT2D eigenvalue weighted by atomic mass is 32.1. The largest absolute Gasteiger partial charge is 0.481 e. The Morgan fingerprint density at radius 1 is 1.13 bits per heavy atom. The zero-order valence-electron chi connectivity index (χ0n) is 12.2. The van der Waals surface area contributed by atoms with E-state index in [-0.39, 0.29) is 12.2 Å². The quantitative estimate of drug-likeness (QED) is 0.729. The molecule has 0 bridgehead atoms. The van der Waals surface area contributed by atoms with Crippen LogP contribution in [0.4, 0.5) is 4.39 Å². The van der Waals surface area contributed by atoms with Gasteiger partial charge in [-0.1, -0.05) is 30.3 Å². The lowest BCUT2D eigenvalue weighted by molar-refractivity contribution is -0.136. The number of allylic oxidation sites excluding steroid dienone is 1. The molecule has 3 rings (SSSR count). The standard InChI is InChI=1S/C18H14FNO2S/c19-14-6-2-1-5-12(14)11-13(9-10-17(21)22)18-20-15-7-3-4-8-16(15)23-18/h1-8,11H,9-10H2,(H,21,22). The van der Waals surface area contributed by atoms with E-state index in [1.807, 2.05) is 24.3 Å². The van der Waals surface area contributed by atoms with Gasteiger partial charge >= 0.3 is 5.97 Å². The summed E-state index contributed by atoms with van der Waals surface area (Å²) in [5.74, 6) is -1.22. The number of carboxylic acid groups (broad SMARTS) is 1. The van der Waals surface area contributed by atoms with Crippen LogP contribution >= 0.6 is 11.3 Å². The first-order valence-electron chi connectivity index (χ1n) is 7.16. The Labute approximate surface area is 136 Å². The molecule has 1 aromatic heterocycles. The molecule has 5 heteroatoms. The Kier molecular flexibility index (Phi) is 4.48.